The van der Waals surface area contributed by atoms with Gasteiger partial charge in [0.25, 0.3) is 0 Å². The number of hydrogen-bond donors (Lipinski definition) is 0. The van der Waals surface area contributed by atoms with Gasteiger partial charge in [0.05, 0.1) is 40.3 Å². The molecule has 0 bridgehead atoms. The molecule has 0 aliphatic heterocycles. The van der Waals surface area contributed by atoms with Crippen LogP contribution in [-0.2, 0) is 28.6 Å². The summed E-state index contributed by atoms with van der Waals surface area (Å²) in [4.78, 5) is 36.8. The highest BCUT2D eigenvalue weighted by Gasteiger charge is 2.25. The SMILES string of the molecule is CC/C=C\C/C=C\C/C=C\C/C=C\C/C=C\C/C=C\CCC(=O)OC(COCCC(C(=O)[O-])[N+](C)(C)C)COC(=O)CCCCCCC/C=C\C/C=C\CCCCC. The Morgan fingerprint density at radius 1 is 0.534 bits per heavy atom. The number of carbonyl (C=O) groups excluding carboxylic acids is 3. The van der Waals surface area contributed by atoms with Gasteiger partial charge in [0, 0.05) is 19.3 Å². The van der Waals surface area contributed by atoms with Crippen LogP contribution >= 0.6 is 0 Å². The van der Waals surface area contributed by atoms with E-state index in [0.29, 0.717) is 12.8 Å². The van der Waals surface area contributed by atoms with E-state index in [1.54, 1.807) is 21.1 Å². The highest BCUT2D eigenvalue weighted by Crippen LogP contribution is 2.11. The summed E-state index contributed by atoms with van der Waals surface area (Å²) in [7, 11) is 5.36. The molecule has 0 rings (SSSR count). The average Bonchev–Trinajstić information content (AvgIpc) is 3.18. The molecule has 2 atom stereocenters. The van der Waals surface area contributed by atoms with Crippen LogP contribution in [0.15, 0.2) is 97.2 Å². The minimum Gasteiger partial charge on any atom is -0.544 e. The lowest BCUT2D eigenvalue weighted by molar-refractivity contribution is -0.889. The van der Waals surface area contributed by atoms with Crippen LogP contribution in [0.4, 0.5) is 0 Å². The first-order valence-electron chi connectivity index (χ1n) is 22.3. The fourth-order valence-electron chi connectivity index (χ4n) is 5.77. The molecule has 0 spiro atoms. The van der Waals surface area contributed by atoms with Gasteiger partial charge in [-0.25, -0.2) is 0 Å². The van der Waals surface area contributed by atoms with E-state index in [9.17, 15) is 19.5 Å². The molecule has 0 saturated heterocycles. The molecule has 0 aliphatic rings. The zero-order valence-electron chi connectivity index (χ0n) is 37.2. The maximum atomic E-state index is 12.7. The Kier molecular flexibility index (Phi) is 37.5. The van der Waals surface area contributed by atoms with Crippen molar-refractivity contribution in [1.29, 1.82) is 0 Å². The number of aliphatic carboxylic acids is 1. The smallest absolute Gasteiger partial charge is 0.306 e. The van der Waals surface area contributed by atoms with E-state index in [1.165, 1.54) is 25.7 Å². The molecule has 8 nitrogen and oxygen atoms in total. The number of carboxylic acid groups (broad SMARTS) is 1. The first-order valence-corrected chi connectivity index (χ1v) is 22.3. The number of carbonyl (C=O) groups is 3. The van der Waals surface area contributed by atoms with E-state index in [-0.39, 0.29) is 43.1 Å². The minimum atomic E-state index is -1.14. The van der Waals surface area contributed by atoms with Crippen molar-refractivity contribution >= 4 is 17.9 Å². The summed E-state index contributed by atoms with van der Waals surface area (Å²) in [5.41, 5.74) is 0. The largest absolute Gasteiger partial charge is 0.544 e. The van der Waals surface area contributed by atoms with Crippen molar-refractivity contribution in [2.24, 2.45) is 0 Å². The van der Waals surface area contributed by atoms with Gasteiger partial charge in [-0.15, -0.1) is 0 Å². The summed E-state index contributed by atoms with van der Waals surface area (Å²) in [5.74, 6) is -1.88. The van der Waals surface area contributed by atoms with Gasteiger partial charge in [0.2, 0.25) is 0 Å². The van der Waals surface area contributed by atoms with Crippen LogP contribution in [-0.4, -0.2) is 75.5 Å². The van der Waals surface area contributed by atoms with E-state index < -0.39 is 24.1 Å². The summed E-state index contributed by atoms with van der Waals surface area (Å²) in [5, 5.41) is 11.6. The van der Waals surface area contributed by atoms with Crippen LogP contribution in [0.5, 0.6) is 0 Å². The normalized spacial score (nSPS) is 13.9. The predicted octanol–water partition coefficient (Wildman–Crippen LogP) is 11.0. The van der Waals surface area contributed by atoms with Crippen molar-refractivity contribution < 1.29 is 38.2 Å². The zero-order chi connectivity index (χ0) is 42.8. The number of quaternary nitrogens is 1. The molecule has 0 aromatic heterocycles. The number of ether oxygens (including phenoxy) is 3. The molecule has 0 fully saturated rings. The Hall–Kier alpha value is -3.75. The Bertz CT molecular complexity index is 1260. The van der Waals surface area contributed by atoms with Crippen LogP contribution < -0.4 is 5.11 Å². The van der Waals surface area contributed by atoms with Crippen molar-refractivity contribution in [3.63, 3.8) is 0 Å². The van der Waals surface area contributed by atoms with Gasteiger partial charge in [-0.3, -0.25) is 9.59 Å². The fourth-order valence-corrected chi connectivity index (χ4v) is 5.77. The number of allylic oxidation sites excluding steroid dienone is 16. The third-order valence-corrected chi connectivity index (χ3v) is 9.22. The van der Waals surface area contributed by atoms with Crippen LogP contribution in [0.25, 0.3) is 0 Å². The van der Waals surface area contributed by atoms with Crippen LogP contribution in [0.2, 0.25) is 0 Å². The van der Waals surface area contributed by atoms with Crippen LogP contribution in [0.1, 0.15) is 149 Å². The van der Waals surface area contributed by atoms with Gasteiger partial charge in [0.1, 0.15) is 12.6 Å². The van der Waals surface area contributed by atoms with Crippen molar-refractivity contribution in [3.05, 3.63) is 97.2 Å². The maximum Gasteiger partial charge on any atom is 0.306 e. The molecule has 0 heterocycles. The lowest BCUT2D eigenvalue weighted by Gasteiger charge is -2.34. The molecule has 0 amide bonds. The molecule has 0 aromatic rings. The van der Waals surface area contributed by atoms with Gasteiger partial charge >= 0.3 is 11.9 Å². The highest BCUT2D eigenvalue weighted by molar-refractivity contribution is 5.70. The van der Waals surface area contributed by atoms with Gasteiger partial charge in [-0.05, 0) is 83.5 Å². The molecule has 328 valence electrons. The molecule has 0 aliphatic carbocycles. The topological polar surface area (TPSA) is 102 Å². The predicted molar refractivity (Wildman–Crippen MR) is 240 cm³/mol. The number of carboxylic acids is 1. The Morgan fingerprint density at radius 2 is 1.00 bits per heavy atom. The second kappa shape index (κ2) is 40.0. The summed E-state index contributed by atoms with van der Waals surface area (Å²) in [6.07, 6.45) is 53.0. The van der Waals surface area contributed by atoms with E-state index in [4.69, 9.17) is 14.2 Å². The molecule has 8 heteroatoms. The molecule has 0 N–H and O–H groups in total. The van der Waals surface area contributed by atoms with Gasteiger partial charge in [-0.1, -0.05) is 143 Å². The molecule has 2 unspecified atom stereocenters. The summed E-state index contributed by atoms with van der Waals surface area (Å²) >= 11 is 0. The molecule has 0 saturated carbocycles. The van der Waals surface area contributed by atoms with E-state index >= 15 is 0 Å². The monoisotopic (exact) mass is 808 g/mol. The quantitative estimate of drug-likeness (QED) is 0.0265. The maximum absolute atomic E-state index is 12.7. The van der Waals surface area contributed by atoms with Gasteiger partial charge < -0.3 is 28.6 Å². The Balaban J connectivity index is 4.52. The highest BCUT2D eigenvalue weighted by atomic mass is 16.6. The van der Waals surface area contributed by atoms with Crippen molar-refractivity contribution in [1.82, 2.24) is 0 Å². The summed E-state index contributed by atoms with van der Waals surface area (Å²) in [6, 6.07) is -0.746. The van der Waals surface area contributed by atoms with Crippen molar-refractivity contribution in [2.45, 2.75) is 161 Å². The standard InChI is InChI=1S/C50H81NO7/c1-6-8-10-12-14-16-18-20-22-23-24-25-27-29-31-33-35-37-39-41-49(53)58-46(44-56-43-42-47(50(54)55)51(3,4)5)45-57-48(52)40-38-36-34-32-30-28-26-21-19-17-15-13-11-9-7-2/h8,10,14-17,20-22,24-26,29,31,35,37,46-47H,6-7,9,11-13,18-19,23,27-28,30,32-34,36,38-45H2,1-5H3/b10-8-,16-14-,17-15-,22-20-,25-24-,26-21-,31-29-,37-35-. The summed E-state index contributed by atoms with van der Waals surface area (Å²) < 4.78 is 17.1. The first kappa shape index (κ1) is 54.2. The third kappa shape index (κ3) is 37.8. The summed E-state index contributed by atoms with van der Waals surface area (Å²) in [6.45, 7) is 4.40. The van der Waals surface area contributed by atoms with Crippen molar-refractivity contribution in [2.75, 3.05) is 41.0 Å². The lowest BCUT2D eigenvalue weighted by atomic mass is 10.1. The first-order chi connectivity index (χ1) is 28.1. The van der Waals surface area contributed by atoms with Gasteiger partial charge in [-0.2, -0.15) is 0 Å². The number of unbranched alkanes of at least 4 members (excludes halogenated alkanes) is 8. The molecular weight excluding hydrogens is 727 g/mol. The number of hydrogen-bond acceptors (Lipinski definition) is 7. The Labute approximate surface area is 354 Å². The zero-order valence-corrected chi connectivity index (χ0v) is 37.2. The second-order valence-corrected chi connectivity index (χ2v) is 15.5. The van der Waals surface area contributed by atoms with Gasteiger partial charge in [0.15, 0.2) is 6.10 Å². The number of esters is 2. The van der Waals surface area contributed by atoms with E-state index in [1.807, 2.05) is 12.2 Å². The molecule has 58 heavy (non-hydrogen) atoms. The minimum absolute atomic E-state index is 0.000462. The number of likely N-dealkylation sites (N-methyl/N-ethyl adjacent to an activating group) is 1. The van der Waals surface area contributed by atoms with Crippen LogP contribution in [0.3, 0.4) is 0 Å². The van der Waals surface area contributed by atoms with Crippen molar-refractivity contribution in [3.8, 4) is 0 Å². The van der Waals surface area contributed by atoms with Crippen LogP contribution in [0, 0.1) is 0 Å². The lowest BCUT2D eigenvalue weighted by Crippen LogP contribution is -2.55. The molecule has 0 radical (unpaired) electrons. The second-order valence-electron chi connectivity index (χ2n) is 15.5. The molecular formula is C50H81NO7. The number of nitrogens with zero attached hydrogens (tertiary/aromatic N) is 1. The fraction of sp³-hybridized carbons (Fsp3) is 0.620. The number of rotatable bonds is 38. The van der Waals surface area contributed by atoms with E-state index in [0.717, 1.165) is 83.5 Å². The Morgan fingerprint density at radius 3 is 1.50 bits per heavy atom. The van der Waals surface area contributed by atoms with E-state index in [2.05, 4.69) is 98.9 Å². The molecule has 0 aromatic carbocycles. The third-order valence-electron chi connectivity index (χ3n) is 9.22. The average molecular weight is 808 g/mol.